The number of aryl methyl sites for hydroxylation is 1. The topological polar surface area (TPSA) is 58.4 Å². The molecule has 122 valence electrons. The van der Waals surface area contributed by atoms with Gasteiger partial charge in [-0.05, 0) is 43.9 Å². The average molecular weight is 313 g/mol. The molecule has 2 aromatic heterocycles. The Balaban J connectivity index is 1.60. The first kappa shape index (κ1) is 15.6. The highest BCUT2D eigenvalue weighted by Gasteiger charge is 2.22. The molecule has 1 aliphatic heterocycles. The second-order valence-electron chi connectivity index (χ2n) is 6.29. The fourth-order valence-electron chi connectivity index (χ4n) is 2.96. The number of furan rings is 1. The zero-order valence-corrected chi connectivity index (χ0v) is 13.7. The van der Waals surface area contributed by atoms with Gasteiger partial charge in [0.15, 0.2) is 0 Å². The van der Waals surface area contributed by atoms with Crippen molar-refractivity contribution in [2.75, 3.05) is 18.4 Å². The minimum Gasteiger partial charge on any atom is -0.469 e. The zero-order valence-electron chi connectivity index (χ0n) is 13.7. The number of carbonyl (C=O) groups is 1. The van der Waals surface area contributed by atoms with Crippen LogP contribution in [0.3, 0.4) is 0 Å². The molecule has 3 heterocycles. The summed E-state index contributed by atoms with van der Waals surface area (Å²) in [4.78, 5) is 18.8. The maximum atomic E-state index is 12.5. The first-order chi connectivity index (χ1) is 11.1. The van der Waals surface area contributed by atoms with Crippen LogP contribution in [0.25, 0.3) is 0 Å². The predicted octanol–water partition coefficient (Wildman–Crippen LogP) is 3.47. The molecule has 0 bridgehead atoms. The molecule has 0 radical (unpaired) electrons. The molecule has 1 N–H and O–H groups in total. The summed E-state index contributed by atoms with van der Waals surface area (Å²) in [5, 5.41) is 3.24. The Hall–Kier alpha value is -2.30. The number of carbonyl (C=O) groups excluding carboxylic acids is 1. The van der Waals surface area contributed by atoms with E-state index in [2.05, 4.69) is 17.2 Å². The molecule has 0 aliphatic carbocycles. The van der Waals surface area contributed by atoms with Crippen LogP contribution in [0.15, 0.2) is 35.1 Å². The number of amides is 1. The van der Waals surface area contributed by atoms with Crippen LogP contribution >= 0.6 is 0 Å². The van der Waals surface area contributed by atoms with Crippen LogP contribution in [0.5, 0.6) is 0 Å². The van der Waals surface area contributed by atoms with Gasteiger partial charge in [0.25, 0.3) is 5.91 Å². The van der Waals surface area contributed by atoms with Crippen molar-refractivity contribution in [3.05, 3.63) is 47.5 Å². The van der Waals surface area contributed by atoms with Crippen LogP contribution < -0.4 is 5.32 Å². The molecule has 5 heteroatoms. The highest BCUT2D eigenvalue weighted by atomic mass is 16.3. The lowest BCUT2D eigenvalue weighted by molar-refractivity contribution is 0.0682. The largest absolute Gasteiger partial charge is 0.469 e. The molecular weight excluding hydrogens is 290 g/mol. The Morgan fingerprint density at radius 3 is 2.96 bits per heavy atom. The molecule has 1 aliphatic rings. The van der Waals surface area contributed by atoms with Gasteiger partial charge in [-0.25, -0.2) is 4.98 Å². The molecule has 0 unspecified atom stereocenters. The summed E-state index contributed by atoms with van der Waals surface area (Å²) in [5.74, 6) is 2.33. The third-order valence-electron chi connectivity index (χ3n) is 4.38. The summed E-state index contributed by atoms with van der Waals surface area (Å²) < 4.78 is 5.27. The average Bonchev–Trinajstić information content (AvgIpc) is 2.98. The van der Waals surface area contributed by atoms with Crippen molar-refractivity contribution in [2.45, 2.75) is 33.2 Å². The molecule has 2 aromatic rings. The van der Waals surface area contributed by atoms with Crippen LogP contribution in [0.4, 0.5) is 5.82 Å². The van der Waals surface area contributed by atoms with E-state index in [1.807, 2.05) is 30.0 Å². The van der Waals surface area contributed by atoms with E-state index < -0.39 is 0 Å². The van der Waals surface area contributed by atoms with Crippen molar-refractivity contribution in [1.29, 1.82) is 0 Å². The molecule has 1 fully saturated rings. The molecular formula is C18H23N3O2. The lowest BCUT2D eigenvalue weighted by Crippen LogP contribution is -2.39. The number of nitrogens with one attached hydrogen (secondary N) is 1. The molecule has 0 spiro atoms. The number of hydrogen-bond donors (Lipinski definition) is 1. The highest BCUT2D eigenvalue weighted by molar-refractivity contribution is 5.94. The summed E-state index contributed by atoms with van der Waals surface area (Å²) in [7, 11) is 0. The third kappa shape index (κ3) is 3.73. The Morgan fingerprint density at radius 2 is 2.30 bits per heavy atom. The Morgan fingerprint density at radius 1 is 1.43 bits per heavy atom. The van der Waals surface area contributed by atoms with Gasteiger partial charge in [0.1, 0.15) is 11.6 Å². The van der Waals surface area contributed by atoms with Crippen molar-refractivity contribution >= 4 is 11.7 Å². The van der Waals surface area contributed by atoms with Gasteiger partial charge in [-0.15, -0.1) is 0 Å². The minimum atomic E-state index is 0.0845. The van der Waals surface area contributed by atoms with Gasteiger partial charge in [-0.3, -0.25) is 4.79 Å². The van der Waals surface area contributed by atoms with Gasteiger partial charge in [0.05, 0.1) is 11.8 Å². The van der Waals surface area contributed by atoms with E-state index in [0.717, 1.165) is 36.7 Å². The molecule has 3 rings (SSSR count). The lowest BCUT2D eigenvalue weighted by atomic mass is 10.00. The smallest absolute Gasteiger partial charge is 0.255 e. The number of hydrogen-bond acceptors (Lipinski definition) is 4. The number of pyridine rings is 1. The van der Waals surface area contributed by atoms with Gasteiger partial charge in [0.2, 0.25) is 0 Å². The van der Waals surface area contributed by atoms with E-state index in [0.29, 0.717) is 18.0 Å². The number of anilines is 1. The zero-order chi connectivity index (χ0) is 16.2. The van der Waals surface area contributed by atoms with Crippen molar-refractivity contribution in [3.63, 3.8) is 0 Å². The van der Waals surface area contributed by atoms with Gasteiger partial charge < -0.3 is 14.6 Å². The highest BCUT2D eigenvalue weighted by Crippen LogP contribution is 2.18. The first-order valence-electron chi connectivity index (χ1n) is 8.15. The van der Waals surface area contributed by atoms with E-state index in [1.54, 1.807) is 12.5 Å². The van der Waals surface area contributed by atoms with Crippen LogP contribution in [-0.4, -0.2) is 28.9 Å². The van der Waals surface area contributed by atoms with Crippen molar-refractivity contribution < 1.29 is 9.21 Å². The Labute approximate surface area is 136 Å². The number of rotatable bonds is 4. The van der Waals surface area contributed by atoms with E-state index in [1.165, 1.54) is 6.42 Å². The summed E-state index contributed by atoms with van der Waals surface area (Å²) in [6.07, 6.45) is 5.63. The van der Waals surface area contributed by atoms with Crippen molar-refractivity contribution in [1.82, 2.24) is 9.88 Å². The van der Waals surface area contributed by atoms with Gasteiger partial charge in [-0.1, -0.05) is 6.92 Å². The number of nitrogens with zero attached hydrogens (tertiary/aromatic N) is 2. The quantitative estimate of drug-likeness (QED) is 0.939. The third-order valence-corrected chi connectivity index (χ3v) is 4.38. The van der Waals surface area contributed by atoms with Crippen LogP contribution in [0.1, 0.15) is 41.4 Å². The lowest BCUT2D eigenvalue weighted by Gasteiger charge is -2.30. The monoisotopic (exact) mass is 313 g/mol. The molecule has 0 saturated carbocycles. The fourth-order valence-corrected chi connectivity index (χ4v) is 2.96. The Kier molecular flexibility index (Phi) is 4.65. The Bertz CT molecular complexity index is 663. The molecule has 1 atom stereocenters. The van der Waals surface area contributed by atoms with Gasteiger partial charge in [-0.2, -0.15) is 0 Å². The molecule has 1 amide bonds. The van der Waals surface area contributed by atoms with E-state index in [9.17, 15) is 4.79 Å². The van der Waals surface area contributed by atoms with Crippen LogP contribution in [0, 0.1) is 12.8 Å². The minimum absolute atomic E-state index is 0.0845. The van der Waals surface area contributed by atoms with Gasteiger partial charge in [0, 0.05) is 31.4 Å². The maximum absolute atomic E-state index is 12.5. The molecule has 5 nitrogen and oxygen atoms in total. The molecule has 0 aromatic carbocycles. The number of piperidine rings is 1. The van der Waals surface area contributed by atoms with E-state index >= 15 is 0 Å². The normalized spacial score (nSPS) is 18.0. The van der Waals surface area contributed by atoms with Crippen LogP contribution in [0.2, 0.25) is 0 Å². The van der Waals surface area contributed by atoms with E-state index in [4.69, 9.17) is 4.42 Å². The van der Waals surface area contributed by atoms with E-state index in [-0.39, 0.29) is 5.91 Å². The predicted molar refractivity (Wildman–Crippen MR) is 89.3 cm³/mol. The SMILES string of the molecule is Cc1occc1CNc1ccc(C(=O)N2CCC[C@H](C)C2)cn1. The van der Waals surface area contributed by atoms with Gasteiger partial charge >= 0.3 is 0 Å². The summed E-state index contributed by atoms with van der Waals surface area (Å²) in [6.45, 7) is 6.49. The summed E-state index contributed by atoms with van der Waals surface area (Å²) in [5.41, 5.74) is 1.76. The second kappa shape index (κ2) is 6.86. The fraction of sp³-hybridized carbons (Fsp3) is 0.444. The number of aromatic nitrogens is 1. The molecule has 23 heavy (non-hydrogen) atoms. The number of likely N-dealkylation sites (tertiary alicyclic amines) is 1. The standard InChI is InChI=1S/C18H23N3O2/c1-13-4-3-8-21(12-13)18(22)16-5-6-17(20-11-16)19-10-15-7-9-23-14(15)2/h5-7,9,11,13H,3-4,8,10,12H2,1-2H3,(H,19,20)/t13-/m0/s1. The van der Waals surface area contributed by atoms with Crippen molar-refractivity contribution in [3.8, 4) is 0 Å². The summed E-state index contributed by atoms with van der Waals surface area (Å²) >= 11 is 0. The second-order valence-corrected chi connectivity index (χ2v) is 6.29. The van der Waals surface area contributed by atoms with Crippen molar-refractivity contribution in [2.24, 2.45) is 5.92 Å². The molecule has 1 saturated heterocycles. The first-order valence-corrected chi connectivity index (χ1v) is 8.15. The maximum Gasteiger partial charge on any atom is 0.255 e. The summed E-state index contributed by atoms with van der Waals surface area (Å²) in [6, 6.07) is 5.65. The van der Waals surface area contributed by atoms with Crippen LogP contribution in [-0.2, 0) is 6.54 Å².